The molecule has 0 aliphatic rings. The highest BCUT2D eigenvalue weighted by Gasteiger charge is 2.09. The van der Waals surface area contributed by atoms with Crippen LogP contribution in [0.1, 0.15) is 29.7 Å². The van der Waals surface area contributed by atoms with Crippen LogP contribution in [-0.4, -0.2) is 24.5 Å². The third-order valence-electron chi connectivity index (χ3n) is 4.17. The van der Waals surface area contributed by atoms with Crippen molar-refractivity contribution in [2.24, 2.45) is 4.99 Å². The first-order chi connectivity index (χ1) is 12.7. The minimum Gasteiger partial charge on any atom is -0.443 e. The molecule has 3 aromatic rings. The molecule has 0 saturated heterocycles. The van der Waals surface area contributed by atoms with Gasteiger partial charge >= 0.3 is 0 Å². The van der Waals surface area contributed by atoms with E-state index >= 15 is 0 Å². The van der Waals surface area contributed by atoms with Crippen LogP contribution in [0.3, 0.4) is 0 Å². The second-order valence-corrected chi connectivity index (χ2v) is 7.19. The lowest BCUT2D eigenvalue weighted by atomic mass is 10.0. The molecule has 0 radical (unpaired) electrons. The van der Waals surface area contributed by atoms with Crippen molar-refractivity contribution in [2.45, 2.75) is 26.3 Å². The number of hydrogen-bond donors (Lipinski definition) is 2. The number of thiophene rings is 1. The molecule has 7 heteroatoms. The number of benzene rings is 1. The summed E-state index contributed by atoms with van der Waals surface area (Å²) in [5.41, 5.74) is 3.44. The molecule has 0 spiro atoms. The Labute approximate surface area is 181 Å². The Morgan fingerprint density at radius 2 is 2.00 bits per heavy atom. The first-order valence-corrected chi connectivity index (χ1v) is 9.53. The van der Waals surface area contributed by atoms with Crippen LogP contribution in [0, 0.1) is 6.92 Å². The molecule has 2 aromatic heterocycles. The van der Waals surface area contributed by atoms with Gasteiger partial charge in [0.15, 0.2) is 5.96 Å². The van der Waals surface area contributed by atoms with Crippen molar-refractivity contribution in [3.8, 4) is 10.8 Å². The molecule has 1 unspecified atom stereocenters. The van der Waals surface area contributed by atoms with Crippen molar-refractivity contribution in [3.63, 3.8) is 0 Å². The quantitative estimate of drug-likeness (QED) is 0.293. The van der Waals surface area contributed by atoms with Gasteiger partial charge in [0.1, 0.15) is 6.26 Å². The fraction of sp³-hybridized carbons (Fsp3) is 0.300. The maximum absolute atomic E-state index is 5.54. The van der Waals surface area contributed by atoms with Gasteiger partial charge in [-0.3, -0.25) is 4.99 Å². The van der Waals surface area contributed by atoms with Crippen LogP contribution in [0.15, 0.2) is 57.5 Å². The fourth-order valence-electron chi connectivity index (χ4n) is 2.56. The van der Waals surface area contributed by atoms with Crippen LogP contribution >= 0.6 is 35.3 Å². The van der Waals surface area contributed by atoms with E-state index in [0.717, 1.165) is 23.1 Å². The summed E-state index contributed by atoms with van der Waals surface area (Å²) in [4.78, 5) is 9.82. The molecule has 0 amide bonds. The summed E-state index contributed by atoms with van der Waals surface area (Å²) in [6, 6.07) is 12.6. The topological polar surface area (TPSA) is 62.5 Å². The zero-order chi connectivity index (χ0) is 18.4. The summed E-state index contributed by atoms with van der Waals surface area (Å²) in [7, 11) is 1.77. The molecule has 2 heterocycles. The minimum atomic E-state index is 0. The third kappa shape index (κ3) is 6.07. The van der Waals surface area contributed by atoms with Gasteiger partial charge < -0.3 is 15.1 Å². The van der Waals surface area contributed by atoms with Gasteiger partial charge in [0.2, 0.25) is 5.89 Å². The molecule has 1 aromatic carbocycles. The first kappa shape index (κ1) is 21.4. The standard InChI is InChI=1S/C20H24N4OS.HI/c1-14-6-8-16(9-7-14)15(2)11-22-20(21-3)23-12-17-13-25-19(24-17)18-5-4-10-26-18;/h4-10,13,15H,11-12H2,1-3H3,(H2,21,22,23);1H. The van der Waals surface area contributed by atoms with E-state index in [-0.39, 0.29) is 24.0 Å². The van der Waals surface area contributed by atoms with Gasteiger partial charge in [-0.05, 0) is 29.9 Å². The highest BCUT2D eigenvalue weighted by molar-refractivity contribution is 14.0. The molecule has 27 heavy (non-hydrogen) atoms. The molecule has 0 aliphatic heterocycles. The lowest BCUT2D eigenvalue weighted by Gasteiger charge is -2.16. The molecular formula is C20H25IN4OS. The summed E-state index contributed by atoms with van der Waals surface area (Å²) in [6.07, 6.45) is 1.68. The number of nitrogens with zero attached hydrogens (tertiary/aromatic N) is 2. The molecule has 0 fully saturated rings. The highest BCUT2D eigenvalue weighted by Crippen LogP contribution is 2.23. The van der Waals surface area contributed by atoms with E-state index in [9.17, 15) is 0 Å². The van der Waals surface area contributed by atoms with Crippen LogP contribution < -0.4 is 10.6 Å². The third-order valence-corrected chi connectivity index (χ3v) is 5.02. The number of oxazole rings is 1. The van der Waals surface area contributed by atoms with Crippen molar-refractivity contribution in [2.75, 3.05) is 13.6 Å². The smallest absolute Gasteiger partial charge is 0.236 e. The number of halogens is 1. The predicted octanol–water partition coefficient (Wildman–Crippen LogP) is 4.80. The lowest BCUT2D eigenvalue weighted by Crippen LogP contribution is -2.38. The molecular weight excluding hydrogens is 471 g/mol. The average Bonchev–Trinajstić information content (AvgIpc) is 3.34. The zero-order valence-corrected chi connectivity index (χ0v) is 18.9. The summed E-state index contributed by atoms with van der Waals surface area (Å²) in [6.45, 7) is 5.68. The molecule has 1 atom stereocenters. The zero-order valence-electron chi connectivity index (χ0n) is 15.7. The van der Waals surface area contributed by atoms with E-state index in [1.54, 1.807) is 24.6 Å². The molecule has 0 aliphatic carbocycles. The van der Waals surface area contributed by atoms with E-state index in [1.807, 2.05) is 17.5 Å². The lowest BCUT2D eigenvalue weighted by molar-refractivity contribution is 0.573. The number of rotatable bonds is 6. The van der Waals surface area contributed by atoms with E-state index in [1.165, 1.54) is 11.1 Å². The number of aromatic nitrogens is 1. The monoisotopic (exact) mass is 496 g/mol. The largest absolute Gasteiger partial charge is 0.443 e. The number of guanidine groups is 1. The number of nitrogens with one attached hydrogen (secondary N) is 2. The average molecular weight is 496 g/mol. The molecule has 0 bridgehead atoms. The Kier molecular flexibility index (Phi) is 8.30. The van der Waals surface area contributed by atoms with Crippen molar-refractivity contribution in [3.05, 3.63) is 64.9 Å². The van der Waals surface area contributed by atoms with Gasteiger partial charge in [-0.25, -0.2) is 4.98 Å². The van der Waals surface area contributed by atoms with E-state index in [0.29, 0.717) is 18.4 Å². The van der Waals surface area contributed by atoms with Crippen LogP contribution in [0.4, 0.5) is 0 Å². The SMILES string of the molecule is CN=C(NCc1coc(-c2cccs2)n1)NCC(C)c1ccc(C)cc1.I. The Hall–Kier alpha value is -1.87. The van der Waals surface area contributed by atoms with Gasteiger partial charge in [-0.15, -0.1) is 35.3 Å². The molecule has 144 valence electrons. The van der Waals surface area contributed by atoms with Gasteiger partial charge in [0.25, 0.3) is 0 Å². The predicted molar refractivity (Wildman–Crippen MR) is 123 cm³/mol. The summed E-state index contributed by atoms with van der Waals surface area (Å²) >= 11 is 1.62. The Bertz CT molecular complexity index is 843. The molecule has 2 N–H and O–H groups in total. The second kappa shape index (κ2) is 10.5. The van der Waals surface area contributed by atoms with Gasteiger partial charge in [0.05, 0.1) is 17.1 Å². The Morgan fingerprint density at radius 1 is 1.22 bits per heavy atom. The van der Waals surface area contributed by atoms with Gasteiger partial charge in [-0.1, -0.05) is 42.8 Å². The normalized spacial score (nSPS) is 12.3. The van der Waals surface area contributed by atoms with E-state index in [2.05, 4.69) is 58.7 Å². The van der Waals surface area contributed by atoms with Gasteiger partial charge in [-0.2, -0.15) is 0 Å². The van der Waals surface area contributed by atoms with Crippen molar-refractivity contribution < 1.29 is 4.42 Å². The second-order valence-electron chi connectivity index (χ2n) is 6.24. The van der Waals surface area contributed by atoms with Crippen LogP contribution in [-0.2, 0) is 6.54 Å². The fourth-order valence-corrected chi connectivity index (χ4v) is 3.21. The van der Waals surface area contributed by atoms with Crippen molar-refractivity contribution >= 4 is 41.3 Å². The molecule has 0 saturated carbocycles. The number of aliphatic imine (C=N–C) groups is 1. The first-order valence-electron chi connectivity index (χ1n) is 8.65. The highest BCUT2D eigenvalue weighted by atomic mass is 127. The Balaban J connectivity index is 0.00000261. The maximum atomic E-state index is 5.54. The Morgan fingerprint density at radius 3 is 2.67 bits per heavy atom. The molecule has 5 nitrogen and oxygen atoms in total. The molecule has 3 rings (SSSR count). The number of hydrogen-bond acceptors (Lipinski definition) is 4. The maximum Gasteiger partial charge on any atom is 0.236 e. The summed E-state index contributed by atoms with van der Waals surface area (Å²) in [5.74, 6) is 1.81. The van der Waals surface area contributed by atoms with E-state index < -0.39 is 0 Å². The number of aryl methyl sites for hydroxylation is 1. The minimum absolute atomic E-state index is 0. The van der Waals surface area contributed by atoms with Crippen LogP contribution in [0.2, 0.25) is 0 Å². The van der Waals surface area contributed by atoms with Crippen molar-refractivity contribution in [1.29, 1.82) is 0 Å². The van der Waals surface area contributed by atoms with Gasteiger partial charge in [0, 0.05) is 13.6 Å². The summed E-state index contributed by atoms with van der Waals surface area (Å²) in [5, 5.41) is 8.66. The van der Waals surface area contributed by atoms with Crippen LogP contribution in [0.5, 0.6) is 0 Å². The van der Waals surface area contributed by atoms with E-state index in [4.69, 9.17) is 4.42 Å². The summed E-state index contributed by atoms with van der Waals surface area (Å²) < 4.78 is 5.54. The van der Waals surface area contributed by atoms with Crippen LogP contribution in [0.25, 0.3) is 10.8 Å². The van der Waals surface area contributed by atoms with Crippen molar-refractivity contribution in [1.82, 2.24) is 15.6 Å².